The molecule has 0 atom stereocenters. The van der Waals surface area contributed by atoms with Crippen LogP contribution in [-0.2, 0) is 9.53 Å². The van der Waals surface area contributed by atoms with Gasteiger partial charge in [-0.15, -0.1) is 11.3 Å². The highest BCUT2D eigenvalue weighted by molar-refractivity contribution is 7.18. The molecule has 0 fully saturated rings. The van der Waals surface area contributed by atoms with Crippen LogP contribution in [0.15, 0.2) is 30.3 Å². The van der Waals surface area contributed by atoms with Crippen LogP contribution in [0.2, 0.25) is 0 Å². The molecular weight excluding hydrogens is 314 g/mol. The topological polar surface area (TPSA) is 64.6 Å². The first-order valence-electron chi connectivity index (χ1n) is 7.21. The molecule has 122 valence electrons. The second-order valence-electron chi connectivity index (χ2n) is 5.05. The zero-order chi connectivity index (χ0) is 16.8. The molecule has 0 aliphatic heterocycles. The number of hydrogen-bond acceptors (Lipinski definition) is 5. The van der Waals surface area contributed by atoms with Crippen LogP contribution in [0, 0.1) is 13.8 Å². The highest BCUT2D eigenvalue weighted by Crippen LogP contribution is 2.23. The standard InChI is InChI=1S/C17H19NO4S/c1-11-5-4-6-12(2)16(11)21-9-10-22-17(20)14-7-8-15(23-14)18-13(3)19/h4-8H,9-10H2,1-3H3,(H,18,19). The lowest BCUT2D eigenvalue weighted by Crippen LogP contribution is -2.12. The number of esters is 1. The normalized spacial score (nSPS) is 10.2. The van der Waals surface area contributed by atoms with Gasteiger partial charge in [0.15, 0.2) is 0 Å². The maximum absolute atomic E-state index is 11.9. The Morgan fingerprint density at radius 3 is 2.43 bits per heavy atom. The van der Waals surface area contributed by atoms with Gasteiger partial charge < -0.3 is 14.8 Å². The van der Waals surface area contributed by atoms with E-state index in [0.717, 1.165) is 16.9 Å². The third-order valence-electron chi connectivity index (χ3n) is 3.08. The fourth-order valence-electron chi connectivity index (χ4n) is 2.06. The van der Waals surface area contributed by atoms with Crippen molar-refractivity contribution in [1.29, 1.82) is 0 Å². The number of carbonyl (C=O) groups excluding carboxylic acids is 2. The third-order valence-corrected chi connectivity index (χ3v) is 4.06. The average molecular weight is 333 g/mol. The van der Waals surface area contributed by atoms with Gasteiger partial charge in [-0.3, -0.25) is 4.79 Å². The maximum Gasteiger partial charge on any atom is 0.348 e. The van der Waals surface area contributed by atoms with E-state index in [0.29, 0.717) is 16.5 Å². The summed E-state index contributed by atoms with van der Waals surface area (Å²) >= 11 is 1.18. The molecule has 1 aromatic heterocycles. The average Bonchev–Trinajstić information content (AvgIpc) is 2.93. The van der Waals surface area contributed by atoms with Crippen molar-refractivity contribution in [2.45, 2.75) is 20.8 Å². The predicted molar refractivity (Wildman–Crippen MR) is 90.3 cm³/mol. The molecule has 6 heteroatoms. The number of carbonyl (C=O) groups is 2. The SMILES string of the molecule is CC(=O)Nc1ccc(C(=O)OCCOc2c(C)cccc2C)s1. The van der Waals surface area contributed by atoms with Crippen molar-refractivity contribution in [2.75, 3.05) is 18.5 Å². The Kier molecular flexibility index (Phi) is 5.76. The van der Waals surface area contributed by atoms with Gasteiger partial charge in [0.25, 0.3) is 0 Å². The first kappa shape index (κ1) is 17.0. The van der Waals surface area contributed by atoms with E-state index in [4.69, 9.17) is 9.47 Å². The van der Waals surface area contributed by atoms with Crippen LogP contribution in [0.1, 0.15) is 27.7 Å². The Bertz CT molecular complexity index is 688. The van der Waals surface area contributed by atoms with Gasteiger partial charge in [-0.2, -0.15) is 0 Å². The number of nitrogens with one attached hydrogen (secondary N) is 1. The van der Waals surface area contributed by atoms with Gasteiger partial charge >= 0.3 is 5.97 Å². The van der Waals surface area contributed by atoms with Crippen LogP contribution in [-0.4, -0.2) is 25.1 Å². The van der Waals surface area contributed by atoms with E-state index in [-0.39, 0.29) is 12.5 Å². The Morgan fingerprint density at radius 2 is 1.78 bits per heavy atom. The van der Waals surface area contributed by atoms with Crippen molar-refractivity contribution in [3.8, 4) is 5.75 Å². The van der Waals surface area contributed by atoms with Crippen molar-refractivity contribution < 1.29 is 19.1 Å². The van der Waals surface area contributed by atoms with Crippen LogP contribution in [0.25, 0.3) is 0 Å². The highest BCUT2D eigenvalue weighted by Gasteiger charge is 2.11. The Morgan fingerprint density at radius 1 is 1.09 bits per heavy atom. The molecule has 1 heterocycles. The minimum atomic E-state index is -0.420. The number of amides is 1. The monoisotopic (exact) mass is 333 g/mol. The molecule has 1 amide bonds. The molecule has 1 N–H and O–H groups in total. The summed E-state index contributed by atoms with van der Waals surface area (Å²) < 4.78 is 10.9. The van der Waals surface area contributed by atoms with E-state index in [1.165, 1.54) is 18.3 Å². The Hall–Kier alpha value is -2.34. The lowest BCUT2D eigenvalue weighted by Gasteiger charge is -2.11. The van der Waals surface area contributed by atoms with E-state index < -0.39 is 5.97 Å². The molecule has 0 saturated carbocycles. The minimum absolute atomic E-state index is 0.167. The lowest BCUT2D eigenvalue weighted by molar-refractivity contribution is -0.114. The zero-order valence-electron chi connectivity index (χ0n) is 13.3. The van der Waals surface area contributed by atoms with Gasteiger partial charge in [0.2, 0.25) is 5.91 Å². The molecule has 0 saturated heterocycles. The summed E-state index contributed by atoms with van der Waals surface area (Å²) in [6, 6.07) is 9.23. The summed E-state index contributed by atoms with van der Waals surface area (Å²) in [6.45, 7) is 5.83. The molecule has 0 aliphatic rings. The van der Waals surface area contributed by atoms with Crippen molar-refractivity contribution in [3.63, 3.8) is 0 Å². The molecular formula is C17H19NO4S. The second kappa shape index (κ2) is 7.78. The van der Waals surface area contributed by atoms with Gasteiger partial charge in [-0.1, -0.05) is 18.2 Å². The van der Waals surface area contributed by atoms with E-state index in [1.54, 1.807) is 12.1 Å². The first-order chi connectivity index (χ1) is 11.0. The highest BCUT2D eigenvalue weighted by atomic mass is 32.1. The predicted octanol–water partition coefficient (Wildman–Crippen LogP) is 3.56. The van der Waals surface area contributed by atoms with E-state index >= 15 is 0 Å². The van der Waals surface area contributed by atoms with Gasteiger partial charge in [-0.05, 0) is 37.1 Å². The Balaban J connectivity index is 1.81. The van der Waals surface area contributed by atoms with Crippen LogP contribution < -0.4 is 10.1 Å². The number of para-hydroxylation sites is 1. The van der Waals surface area contributed by atoms with Crippen LogP contribution >= 0.6 is 11.3 Å². The van der Waals surface area contributed by atoms with Crippen LogP contribution in [0.4, 0.5) is 5.00 Å². The summed E-state index contributed by atoms with van der Waals surface area (Å²) in [5, 5.41) is 3.25. The molecule has 0 radical (unpaired) electrons. The summed E-state index contributed by atoms with van der Waals surface area (Å²) in [7, 11) is 0. The molecule has 2 aromatic rings. The second-order valence-corrected chi connectivity index (χ2v) is 6.13. The Labute approximate surface area is 139 Å². The number of benzene rings is 1. The lowest BCUT2D eigenvalue weighted by atomic mass is 10.1. The summed E-state index contributed by atoms with van der Waals surface area (Å²) in [5.41, 5.74) is 2.10. The number of hydrogen-bond donors (Lipinski definition) is 1. The molecule has 23 heavy (non-hydrogen) atoms. The van der Waals surface area contributed by atoms with E-state index in [1.807, 2.05) is 32.0 Å². The molecule has 0 aliphatic carbocycles. The quantitative estimate of drug-likeness (QED) is 0.648. The molecule has 1 aromatic carbocycles. The first-order valence-corrected chi connectivity index (χ1v) is 8.02. The fourth-order valence-corrected chi connectivity index (χ4v) is 2.91. The molecule has 0 bridgehead atoms. The summed E-state index contributed by atoms with van der Waals surface area (Å²) in [5.74, 6) is 0.234. The van der Waals surface area contributed by atoms with E-state index in [9.17, 15) is 9.59 Å². The molecule has 5 nitrogen and oxygen atoms in total. The largest absolute Gasteiger partial charge is 0.489 e. The third kappa shape index (κ3) is 4.82. The number of anilines is 1. The molecule has 0 spiro atoms. The number of ether oxygens (including phenoxy) is 2. The van der Waals surface area contributed by atoms with Crippen LogP contribution in [0.5, 0.6) is 5.75 Å². The zero-order valence-corrected chi connectivity index (χ0v) is 14.2. The molecule has 0 unspecified atom stereocenters. The van der Waals surface area contributed by atoms with Crippen molar-refractivity contribution in [3.05, 3.63) is 46.3 Å². The smallest absolute Gasteiger partial charge is 0.348 e. The van der Waals surface area contributed by atoms with Gasteiger partial charge in [0, 0.05) is 6.92 Å². The van der Waals surface area contributed by atoms with E-state index in [2.05, 4.69) is 5.32 Å². The number of rotatable bonds is 6. The maximum atomic E-state index is 11.9. The molecule has 2 rings (SSSR count). The summed E-state index contributed by atoms with van der Waals surface area (Å²) in [4.78, 5) is 23.3. The van der Waals surface area contributed by atoms with Crippen LogP contribution in [0.3, 0.4) is 0 Å². The fraction of sp³-hybridized carbons (Fsp3) is 0.294. The van der Waals surface area contributed by atoms with Crippen molar-refractivity contribution >= 4 is 28.2 Å². The number of aryl methyl sites for hydroxylation is 2. The summed E-state index contributed by atoms with van der Waals surface area (Å²) in [6.07, 6.45) is 0. The van der Waals surface area contributed by atoms with Crippen molar-refractivity contribution in [2.24, 2.45) is 0 Å². The van der Waals surface area contributed by atoms with Gasteiger partial charge in [-0.25, -0.2) is 4.79 Å². The van der Waals surface area contributed by atoms with Gasteiger partial charge in [0.1, 0.15) is 23.8 Å². The minimum Gasteiger partial charge on any atom is -0.489 e. The number of thiophene rings is 1. The van der Waals surface area contributed by atoms with Crippen molar-refractivity contribution in [1.82, 2.24) is 0 Å². The van der Waals surface area contributed by atoms with Gasteiger partial charge in [0.05, 0.1) is 5.00 Å².